The van der Waals surface area contributed by atoms with E-state index in [0.717, 1.165) is 6.42 Å². The number of aromatic nitrogens is 3. The second kappa shape index (κ2) is 8.82. The Morgan fingerprint density at radius 2 is 1.66 bits per heavy atom. The molecule has 1 aliphatic rings. The van der Waals surface area contributed by atoms with Crippen LogP contribution in [0.2, 0.25) is 0 Å². The Hall–Kier alpha value is -3.07. The first-order chi connectivity index (χ1) is 15.4. The lowest BCUT2D eigenvalue weighted by Crippen LogP contribution is -2.19. The highest BCUT2D eigenvalue weighted by Crippen LogP contribution is 2.44. The molecule has 4 rings (SSSR count). The maximum Gasteiger partial charge on any atom is 0.261 e. The van der Waals surface area contributed by atoms with Gasteiger partial charge in [-0.3, -0.25) is 9.59 Å². The number of carbonyl (C=O) groups is 1. The van der Waals surface area contributed by atoms with Gasteiger partial charge in [-0.15, -0.1) is 0 Å². The van der Waals surface area contributed by atoms with Gasteiger partial charge in [0.15, 0.2) is 28.1 Å². The van der Waals surface area contributed by atoms with E-state index in [1.54, 1.807) is 12.1 Å². The summed E-state index contributed by atoms with van der Waals surface area (Å²) in [5.41, 5.74) is 2.23. The van der Waals surface area contributed by atoms with Gasteiger partial charge in [-0.25, -0.2) is 9.97 Å². The normalized spacial score (nSPS) is 13.4. The van der Waals surface area contributed by atoms with Gasteiger partial charge in [-0.1, -0.05) is 25.6 Å². The minimum atomic E-state index is -0.337. The Kier molecular flexibility index (Phi) is 6.10. The molecule has 0 spiro atoms. The van der Waals surface area contributed by atoms with E-state index in [1.807, 2.05) is 13.8 Å². The molecule has 3 aromatic rings. The highest BCUT2D eigenvalue weighted by molar-refractivity contribution is 7.99. The largest absolute Gasteiger partial charge is 0.493 e. The molecule has 8 nitrogen and oxygen atoms in total. The van der Waals surface area contributed by atoms with Crippen LogP contribution in [0.3, 0.4) is 0 Å². The first kappa shape index (κ1) is 22.1. The quantitative estimate of drug-likeness (QED) is 0.439. The molecule has 2 aromatic heterocycles. The molecule has 1 N–H and O–H groups in total. The molecular weight excluding hydrogens is 430 g/mol. The Morgan fingerprint density at radius 1 is 0.969 bits per heavy atom. The lowest BCUT2D eigenvalue weighted by molar-refractivity contribution is 0.0972. The van der Waals surface area contributed by atoms with Gasteiger partial charge in [0.1, 0.15) is 0 Å². The number of ketones is 1. The molecule has 9 heteroatoms. The van der Waals surface area contributed by atoms with Crippen LogP contribution < -0.4 is 19.8 Å². The van der Waals surface area contributed by atoms with Crippen LogP contribution in [0.1, 0.15) is 42.7 Å². The Labute approximate surface area is 189 Å². The number of nitrogens with one attached hydrogen (secondary N) is 1. The van der Waals surface area contributed by atoms with E-state index in [0.29, 0.717) is 63.3 Å². The number of pyridine rings is 1. The molecule has 0 amide bonds. The zero-order chi connectivity index (χ0) is 23.0. The van der Waals surface area contributed by atoms with Crippen molar-refractivity contribution in [1.29, 1.82) is 0 Å². The molecule has 0 aliphatic heterocycles. The summed E-state index contributed by atoms with van der Waals surface area (Å²) in [5, 5.41) is 1.02. The molecule has 0 unspecified atom stereocenters. The van der Waals surface area contributed by atoms with Crippen LogP contribution in [-0.4, -0.2) is 47.3 Å². The van der Waals surface area contributed by atoms with Gasteiger partial charge in [-0.2, -0.15) is 0 Å². The summed E-state index contributed by atoms with van der Waals surface area (Å²) >= 11 is 1.45. The molecule has 0 saturated heterocycles. The Balaban J connectivity index is 2.11. The van der Waals surface area contributed by atoms with Gasteiger partial charge in [0.05, 0.1) is 32.4 Å². The highest BCUT2D eigenvalue weighted by atomic mass is 32.2. The van der Waals surface area contributed by atoms with Gasteiger partial charge in [0, 0.05) is 22.8 Å². The van der Waals surface area contributed by atoms with Crippen molar-refractivity contribution in [2.24, 2.45) is 0 Å². The van der Waals surface area contributed by atoms with Crippen LogP contribution in [0.25, 0.3) is 22.2 Å². The second-order valence-corrected chi connectivity index (χ2v) is 9.30. The number of aryl methyl sites for hydroxylation is 1. The molecule has 0 radical (unpaired) electrons. The van der Waals surface area contributed by atoms with Crippen molar-refractivity contribution < 1.29 is 19.0 Å². The highest BCUT2D eigenvalue weighted by Gasteiger charge is 2.28. The van der Waals surface area contributed by atoms with Crippen LogP contribution in [-0.2, 0) is 6.42 Å². The summed E-state index contributed by atoms with van der Waals surface area (Å²) in [6.07, 6.45) is 1.77. The Bertz CT molecular complexity index is 1240. The fourth-order valence-corrected chi connectivity index (χ4v) is 4.75. The minimum Gasteiger partial charge on any atom is -0.493 e. The fourth-order valence-electron chi connectivity index (χ4n) is 4.02. The van der Waals surface area contributed by atoms with Gasteiger partial charge in [0.2, 0.25) is 5.75 Å². The van der Waals surface area contributed by atoms with Crippen molar-refractivity contribution in [3.8, 4) is 28.4 Å². The van der Waals surface area contributed by atoms with E-state index in [2.05, 4.69) is 15.0 Å². The molecule has 32 heavy (non-hydrogen) atoms. The van der Waals surface area contributed by atoms with Gasteiger partial charge < -0.3 is 19.2 Å². The molecule has 168 valence electrons. The van der Waals surface area contributed by atoms with Crippen LogP contribution in [0.5, 0.6) is 17.2 Å². The number of hydrogen-bond acceptors (Lipinski definition) is 8. The number of nitrogens with zero attached hydrogens (tertiary/aromatic N) is 2. The molecule has 0 fully saturated rings. The van der Waals surface area contributed by atoms with Crippen LogP contribution in [0.4, 0.5) is 0 Å². The molecular formula is C23H25N3O5S. The molecule has 0 saturated carbocycles. The first-order valence-electron chi connectivity index (χ1n) is 10.3. The SMILES string of the molecule is COc1cc(-c2c3c(nc4nc(SC(C)C)[nH]c(=O)c24)CCCC3=O)cc(OC)c1OC. The van der Waals surface area contributed by atoms with Crippen molar-refractivity contribution in [3.05, 3.63) is 33.7 Å². The standard InChI is InChI=1S/C23H25N3O5S/c1-11(2)32-23-25-21-19(22(28)26-23)17(18-13(24-21)7-6-8-14(18)27)12-9-15(29-3)20(31-5)16(10-12)30-4/h9-11H,6-8H2,1-5H3,(H,24,25,26,28). The maximum absolute atomic E-state index is 13.3. The van der Waals surface area contributed by atoms with Crippen molar-refractivity contribution in [2.75, 3.05) is 21.3 Å². The third-order valence-corrected chi connectivity index (χ3v) is 6.19. The average Bonchev–Trinajstić information content (AvgIpc) is 2.76. The molecule has 1 aliphatic carbocycles. The third-order valence-electron chi connectivity index (χ3n) is 5.31. The summed E-state index contributed by atoms with van der Waals surface area (Å²) in [4.78, 5) is 38.4. The van der Waals surface area contributed by atoms with Crippen molar-refractivity contribution >= 4 is 28.6 Å². The molecule has 1 aromatic carbocycles. The summed E-state index contributed by atoms with van der Waals surface area (Å²) in [6.45, 7) is 4.05. The predicted octanol–water partition coefficient (Wildman–Crippen LogP) is 4.03. The van der Waals surface area contributed by atoms with E-state index < -0.39 is 0 Å². The minimum absolute atomic E-state index is 0.0376. The Morgan fingerprint density at radius 3 is 2.25 bits per heavy atom. The number of ether oxygens (including phenoxy) is 3. The zero-order valence-electron chi connectivity index (χ0n) is 18.7. The van der Waals surface area contributed by atoms with E-state index in [4.69, 9.17) is 14.2 Å². The maximum atomic E-state index is 13.3. The summed E-state index contributed by atoms with van der Waals surface area (Å²) in [6, 6.07) is 3.49. The van der Waals surface area contributed by atoms with E-state index in [9.17, 15) is 9.59 Å². The summed E-state index contributed by atoms with van der Waals surface area (Å²) in [5.74, 6) is 1.25. The fraction of sp³-hybridized carbons (Fsp3) is 0.391. The van der Waals surface area contributed by atoms with E-state index in [1.165, 1.54) is 33.1 Å². The number of hydrogen-bond donors (Lipinski definition) is 1. The smallest absolute Gasteiger partial charge is 0.261 e. The van der Waals surface area contributed by atoms with Gasteiger partial charge in [-0.05, 0) is 30.5 Å². The van der Waals surface area contributed by atoms with E-state index in [-0.39, 0.29) is 22.0 Å². The number of methoxy groups -OCH3 is 3. The average molecular weight is 456 g/mol. The summed E-state index contributed by atoms with van der Waals surface area (Å²) in [7, 11) is 4.57. The lowest BCUT2D eigenvalue weighted by Gasteiger charge is -2.21. The summed E-state index contributed by atoms with van der Waals surface area (Å²) < 4.78 is 16.4. The van der Waals surface area contributed by atoms with E-state index >= 15 is 0 Å². The van der Waals surface area contributed by atoms with Crippen LogP contribution in [0, 0.1) is 0 Å². The van der Waals surface area contributed by atoms with Crippen LogP contribution >= 0.6 is 11.8 Å². The van der Waals surface area contributed by atoms with Gasteiger partial charge in [0.25, 0.3) is 5.56 Å². The number of carbonyl (C=O) groups excluding carboxylic acids is 1. The predicted molar refractivity (Wildman–Crippen MR) is 124 cm³/mol. The third kappa shape index (κ3) is 3.81. The number of fused-ring (bicyclic) bond motifs is 2. The van der Waals surface area contributed by atoms with Crippen LogP contribution in [0.15, 0.2) is 22.1 Å². The van der Waals surface area contributed by atoms with Gasteiger partial charge >= 0.3 is 0 Å². The number of Topliss-reactive ketones (excluding diaryl/α,β-unsaturated/α-hetero) is 1. The van der Waals surface area contributed by atoms with Crippen molar-refractivity contribution in [3.63, 3.8) is 0 Å². The van der Waals surface area contributed by atoms with Crippen molar-refractivity contribution in [1.82, 2.24) is 15.0 Å². The molecule has 0 bridgehead atoms. The number of thioether (sulfide) groups is 1. The second-order valence-electron chi connectivity index (χ2n) is 7.74. The number of H-pyrrole nitrogens is 1. The number of benzene rings is 1. The number of aromatic amines is 1. The monoisotopic (exact) mass is 455 g/mol. The molecule has 0 atom stereocenters. The zero-order valence-corrected chi connectivity index (χ0v) is 19.5. The molecule has 2 heterocycles. The first-order valence-corrected chi connectivity index (χ1v) is 11.2. The topological polar surface area (TPSA) is 103 Å². The number of rotatable bonds is 6. The lowest BCUT2D eigenvalue weighted by atomic mass is 9.86. The van der Waals surface area contributed by atoms with Crippen molar-refractivity contribution in [2.45, 2.75) is 43.5 Å².